The van der Waals surface area contributed by atoms with E-state index in [2.05, 4.69) is 194 Å². The van der Waals surface area contributed by atoms with Crippen molar-refractivity contribution in [1.82, 2.24) is 0 Å². The average molecular weight is 633 g/mol. The highest BCUT2D eigenvalue weighted by molar-refractivity contribution is 6.26. The smallest absolute Gasteiger partial charge is 0.00197 e. The molecule has 10 aromatic rings. The predicted octanol–water partition coefficient (Wildman–Crippen LogP) is 14.1. The summed E-state index contributed by atoms with van der Waals surface area (Å²) in [4.78, 5) is 0. The second-order valence-electron chi connectivity index (χ2n) is 13.3. The molecule has 0 N–H and O–H groups in total. The summed E-state index contributed by atoms with van der Waals surface area (Å²) >= 11 is 0. The van der Waals surface area contributed by atoms with Crippen molar-refractivity contribution >= 4 is 53.9 Å². The van der Waals surface area contributed by atoms with Crippen molar-refractivity contribution in [3.05, 3.63) is 194 Å². The lowest BCUT2D eigenvalue weighted by Gasteiger charge is -2.20. The van der Waals surface area contributed by atoms with E-state index in [-0.39, 0.29) is 0 Å². The summed E-state index contributed by atoms with van der Waals surface area (Å²) in [5, 5.41) is 12.6. The Morgan fingerprint density at radius 2 is 0.700 bits per heavy atom. The molecule has 0 nitrogen and oxygen atoms in total. The zero-order chi connectivity index (χ0) is 33.0. The van der Waals surface area contributed by atoms with E-state index in [9.17, 15) is 0 Å². The van der Waals surface area contributed by atoms with Crippen LogP contribution in [0.5, 0.6) is 0 Å². The number of hydrogen-bond acceptors (Lipinski definition) is 0. The molecule has 0 bridgehead atoms. The fourth-order valence-corrected chi connectivity index (χ4v) is 8.05. The molecule has 0 aliphatic heterocycles. The molecular formula is C50H32. The Labute approximate surface area is 291 Å². The predicted molar refractivity (Wildman–Crippen MR) is 216 cm³/mol. The van der Waals surface area contributed by atoms with E-state index in [1.165, 1.54) is 98.4 Å². The average Bonchev–Trinajstić information content (AvgIpc) is 3.20. The van der Waals surface area contributed by atoms with Gasteiger partial charge in [-0.1, -0.05) is 176 Å². The maximum Gasteiger partial charge on any atom is -0.00197 e. The molecule has 0 aliphatic carbocycles. The SMILES string of the molecule is c1ccc(-c2ccc(-c3c4ccccc4c(-c4cc5ccccc5c5ccccc45)c4cc(-c5ccc6ccccc6c5)ccc34)cc2)cc1. The molecule has 0 radical (unpaired) electrons. The lowest BCUT2D eigenvalue weighted by atomic mass is 9.82. The van der Waals surface area contributed by atoms with Gasteiger partial charge in [0.2, 0.25) is 0 Å². The van der Waals surface area contributed by atoms with Gasteiger partial charge in [0.05, 0.1) is 0 Å². The van der Waals surface area contributed by atoms with Crippen molar-refractivity contribution in [2.24, 2.45) is 0 Å². The van der Waals surface area contributed by atoms with Crippen molar-refractivity contribution in [2.45, 2.75) is 0 Å². The van der Waals surface area contributed by atoms with Gasteiger partial charge in [0, 0.05) is 0 Å². The molecule has 10 aromatic carbocycles. The Morgan fingerprint density at radius 3 is 1.48 bits per heavy atom. The molecule has 0 atom stereocenters. The highest BCUT2D eigenvalue weighted by atomic mass is 14.2. The van der Waals surface area contributed by atoms with Crippen molar-refractivity contribution in [1.29, 1.82) is 0 Å². The molecule has 0 amide bonds. The van der Waals surface area contributed by atoms with Crippen LogP contribution in [0.4, 0.5) is 0 Å². The molecule has 50 heavy (non-hydrogen) atoms. The van der Waals surface area contributed by atoms with Gasteiger partial charge in [-0.3, -0.25) is 0 Å². The lowest BCUT2D eigenvalue weighted by molar-refractivity contribution is 1.61. The van der Waals surface area contributed by atoms with Crippen LogP contribution in [-0.4, -0.2) is 0 Å². The fourth-order valence-electron chi connectivity index (χ4n) is 8.05. The topological polar surface area (TPSA) is 0 Å². The molecule has 0 saturated heterocycles. The van der Waals surface area contributed by atoms with Gasteiger partial charge in [-0.2, -0.15) is 0 Å². The highest BCUT2D eigenvalue weighted by Crippen LogP contribution is 2.47. The third kappa shape index (κ3) is 4.61. The largest absolute Gasteiger partial charge is 0.0622 e. The van der Waals surface area contributed by atoms with E-state index in [1.54, 1.807) is 0 Å². The first-order valence-corrected chi connectivity index (χ1v) is 17.3. The third-order valence-corrected chi connectivity index (χ3v) is 10.4. The zero-order valence-electron chi connectivity index (χ0n) is 27.5. The van der Waals surface area contributed by atoms with E-state index >= 15 is 0 Å². The van der Waals surface area contributed by atoms with E-state index in [0.717, 1.165) is 0 Å². The molecule has 0 aromatic heterocycles. The zero-order valence-corrected chi connectivity index (χ0v) is 27.5. The summed E-state index contributed by atoms with van der Waals surface area (Å²) in [6.45, 7) is 0. The summed E-state index contributed by atoms with van der Waals surface area (Å²) in [6.07, 6.45) is 0. The van der Waals surface area contributed by atoms with Crippen LogP contribution < -0.4 is 0 Å². The summed E-state index contributed by atoms with van der Waals surface area (Å²) in [5.74, 6) is 0. The molecule has 0 heterocycles. The Kier molecular flexibility index (Phi) is 6.60. The number of hydrogen-bond donors (Lipinski definition) is 0. The molecular weight excluding hydrogens is 601 g/mol. The maximum absolute atomic E-state index is 2.44. The van der Waals surface area contributed by atoms with Gasteiger partial charge in [-0.15, -0.1) is 0 Å². The van der Waals surface area contributed by atoms with Crippen LogP contribution in [0.25, 0.3) is 98.4 Å². The van der Waals surface area contributed by atoms with Crippen LogP contribution in [0.15, 0.2) is 194 Å². The Morgan fingerprint density at radius 1 is 0.200 bits per heavy atom. The molecule has 0 unspecified atom stereocenters. The molecule has 0 spiro atoms. The van der Waals surface area contributed by atoms with Crippen LogP contribution in [-0.2, 0) is 0 Å². The minimum absolute atomic E-state index is 1.22. The minimum Gasteiger partial charge on any atom is -0.0622 e. The quantitative estimate of drug-likeness (QED) is 0.134. The summed E-state index contributed by atoms with van der Waals surface area (Å²) in [5.41, 5.74) is 9.94. The van der Waals surface area contributed by atoms with E-state index in [4.69, 9.17) is 0 Å². The first-order valence-electron chi connectivity index (χ1n) is 17.3. The van der Waals surface area contributed by atoms with Crippen LogP contribution in [0.2, 0.25) is 0 Å². The van der Waals surface area contributed by atoms with Gasteiger partial charge in [-0.25, -0.2) is 0 Å². The van der Waals surface area contributed by atoms with Crippen LogP contribution >= 0.6 is 0 Å². The summed E-state index contributed by atoms with van der Waals surface area (Å²) < 4.78 is 0. The fraction of sp³-hybridized carbons (Fsp3) is 0. The van der Waals surface area contributed by atoms with Crippen molar-refractivity contribution in [2.75, 3.05) is 0 Å². The van der Waals surface area contributed by atoms with E-state index < -0.39 is 0 Å². The Hall–Kier alpha value is -6.50. The van der Waals surface area contributed by atoms with E-state index in [1.807, 2.05) is 0 Å². The van der Waals surface area contributed by atoms with E-state index in [0.29, 0.717) is 0 Å². The molecule has 0 saturated carbocycles. The second kappa shape index (κ2) is 11.6. The van der Waals surface area contributed by atoms with Gasteiger partial charge in [0.15, 0.2) is 0 Å². The minimum atomic E-state index is 1.22. The van der Waals surface area contributed by atoms with Gasteiger partial charge in [0.1, 0.15) is 0 Å². The van der Waals surface area contributed by atoms with Crippen molar-refractivity contribution in [3.63, 3.8) is 0 Å². The van der Waals surface area contributed by atoms with Gasteiger partial charge in [-0.05, 0) is 117 Å². The van der Waals surface area contributed by atoms with Crippen LogP contribution in [0.3, 0.4) is 0 Å². The third-order valence-electron chi connectivity index (χ3n) is 10.4. The monoisotopic (exact) mass is 632 g/mol. The molecule has 0 fully saturated rings. The molecule has 0 aliphatic rings. The standard InChI is InChI=1S/C50H32/c1-2-12-33(13-3-1)35-22-25-36(26-23-35)49-44-20-10-11-21-45(44)50(47-32-40-16-6-7-17-41(40)42-18-8-9-19-43(42)47)48-31-39(28-29-46(48)49)38-27-24-34-14-4-5-15-37(34)30-38/h1-32H. The Balaban J connectivity index is 1.31. The summed E-state index contributed by atoms with van der Waals surface area (Å²) in [7, 11) is 0. The summed E-state index contributed by atoms with van der Waals surface area (Å²) in [6, 6.07) is 71.4. The maximum atomic E-state index is 2.44. The number of fused-ring (bicyclic) bond motifs is 6. The highest BCUT2D eigenvalue weighted by Gasteiger charge is 2.20. The number of benzene rings is 10. The van der Waals surface area contributed by atoms with Crippen molar-refractivity contribution in [3.8, 4) is 44.5 Å². The molecule has 0 heteroatoms. The molecule has 10 rings (SSSR count). The lowest BCUT2D eigenvalue weighted by Crippen LogP contribution is -1.93. The van der Waals surface area contributed by atoms with Gasteiger partial charge < -0.3 is 0 Å². The number of rotatable bonds is 4. The van der Waals surface area contributed by atoms with Crippen LogP contribution in [0, 0.1) is 0 Å². The normalized spacial score (nSPS) is 11.6. The Bertz CT molecular complexity index is 2900. The van der Waals surface area contributed by atoms with Crippen molar-refractivity contribution < 1.29 is 0 Å². The van der Waals surface area contributed by atoms with Gasteiger partial charge >= 0.3 is 0 Å². The second-order valence-corrected chi connectivity index (χ2v) is 13.3. The van der Waals surface area contributed by atoms with Gasteiger partial charge in [0.25, 0.3) is 0 Å². The first kappa shape index (κ1) is 28.5. The van der Waals surface area contributed by atoms with Crippen LogP contribution in [0.1, 0.15) is 0 Å². The molecule has 232 valence electrons. The first-order chi connectivity index (χ1) is 24.8.